The van der Waals surface area contributed by atoms with Gasteiger partial charge in [0.1, 0.15) is 5.75 Å². The quantitative estimate of drug-likeness (QED) is 0.847. The minimum Gasteiger partial charge on any atom is -0.490 e. The van der Waals surface area contributed by atoms with Crippen LogP contribution >= 0.6 is 0 Å². The molecule has 0 bridgehead atoms. The van der Waals surface area contributed by atoms with Gasteiger partial charge in [-0.2, -0.15) is 0 Å². The number of ether oxygens (including phenoxy) is 1. The first kappa shape index (κ1) is 13.6. The molecule has 0 spiro atoms. The number of carbonyl (C=O) groups is 2. The highest BCUT2D eigenvalue weighted by molar-refractivity contribution is 5.96. The van der Waals surface area contributed by atoms with E-state index in [2.05, 4.69) is 5.32 Å². The van der Waals surface area contributed by atoms with Crippen LogP contribution in [-0.2, 0) is 0 Å². The van der Waals surface area contributed by atoms with E-state index in [0.717, 1.165) is 19.1 Å². The van der Waals surface area contributed by atoms with Crippen molar-refractivity contribution >= 4 is 12.2 Å². The molecule has 0 aromatic heterocycles. The molecule has 1 saturated carbocycles. The van der Waals surface area contributed by atoms with Crippen LogP contribution in [0.2, 0.25) is 0 Å². The third kappa shape index (κ3) is 3.34. The lowest BCUT2D eigenvalue weighted by Gasteiger charge is -2.23. The maximum absolute atomic E-state index is 11.5. The molecule has 2 rings (SSSR count). The second-order valence-corrected chi connectivity index (χ2v) is 4.83. The zero-order chi connectivity index (χ0) is 13.7. The van der Waals surface area contributed by atoms with E-state index in [9.17, 15) is 9.59 Å². The SMILES string of the molecule is CNC(=O)c1ccc(OC2CCCCC2)c(C=O)c1. The van der Waals surface area contributed by atoms with Crippen LogP contribution in [0.4, 0.5) is 0 Å². The van der Waals surface area contributed by atoms with Gasteiger partial charge in [0.05, 0.1) is 11.7 Å². The van der Waals surface area contributed by atoms with E-state index in [1.165, 1.54) is 19.3 Å². The molecule has 4 heteroatoms. The number of nitrogens with one attached hydrogen (secondary N) is 1. The van der Waals surface area contributed by atoms with Crippen LogP contribution in [0.25, 0.3) is 0 Å². The zero-order valence-electron chi connectivity index (χ0n) is 11.1. The van der Waals surface area contributed by atoms with E-state index >= 15 is 0 Å². The maximum Gasteiger partial charge on any atom is 0.251 e. The molecule has 0 aliphatic heterocycles. The van der Waals surface area contributed by atoms with Crippen molar-refractivity contribution in [1.29, 1.82) is 0 Å². The number of hydrogen-bond acceptors (Lipinski definition) is 3. The van der Waals surface area contributed by atoms with Gasteiger partial charge < -0.3 is 10.1 Å². The van der Waals surface area contributed by atoms with Gasteiger partial charge in [-0.05, 0) is 43.9 Å². The first-order chi connectivity index (χ1) is 9.24. The Labute approximate surface area is 113 Å². The first-order valence-electron chi connectivity index (χ1n) is 6.72. The van der Waals surface area contributed by atoms with Gasteiger partial charge in [0, 0.05) is 12.6 Å². The number of carbonyl (C=O) groups excluding carboxylic acids is 2. The summed E-state index contributed by atoms with van der Waals surface area (Å²) in [5.74, 6) is 0.377. The Morgan fingerprint density at radius 2 is 2.05 bits per heavy atom. The van der Waals surface area contributed by atoms with Gasteiger partial charge >= 0.3 is 0 Å². The third-order valence-electron chi connectivity index (χ3n) is 3.47. The molecule has 0 heterocycles. The molecule has 1 fully saturated rings. The summed E-state index contributed by atoms with van der Waals surface area (Å²) >= 11 is 0. The number of rotatable bonds is 4. The molecule has 4 nitrogen and oxygen atoms in total. The average molecular weight is 261 g/mol. The second-order valence-electron chi connectivity index (χ2n) is 4.83. The summed E-state index contributed by atoms with van der Waals surface area (Å²) in [5, 5.41) is 2.54. The molecule has 0 radical (unpaired) electrons. The van der Waals surface area contributed by atoms with Gasteiger partial charge in [-0.15, -0.1) is 0 Å². The molecule has 19 heavy (non-hydrogen) atoms. The number of amides is 1. The lowest BCUT2D eigenvalue weighted by Crippen LogP contribution is -2.21. The highest BCUT2D eigenvalue weighted by Crippen LogP contribution is 2.26. The molecule has 1 aromatic carbocycles. The normalized spacial score (nSPS) is 15.8. The molecule has 1 aliphatic rings. The monoisotopic (exact) mass is 261 g/mol. The minimum absolute atomic E-state index is 0.193. The molecule has 0 atom stereocenters. The smallest absolute Gasteiger partial charge is 0.251 e. The van der Waals surface area contributed by atoms with Crippen LogP contribution in [-0.4, -0.2) is 25.3 Å². The standard InChI is InChI=1S/C15H19NO3/c1-16-15(18)11-7-8-14(12(9-11)10-17)19-13-5-3-2-4-6-13/h7-10,13H,2-6H2,1H3,(H,16,18). The topological polar surface area (TPSA) is 55.4 Å². The minimum atomic E-state index is -0.202. The maximum atomic E-state index is 11.5. The Morgan fingerprint density at radius 1 is 1.32 bits per heavy atom. The summed E-state index contributed by atoms with van der Waals surface area (Å²) in [6.45, 7) is 0. The number of benzene rings is 1. The summed E-state index contributed by atoms with van der Waals surface area (Å²) in [5.41, 5.74) is 0.910. The predicted octanol–water partition coefficient (Wildman–Crippen LogP) is 2.57. The van der Waals surface area contributed by atoms with Crippen LogP contribution in [0.3, 0.4) is 0 Å². The molecule has 102 valence electrons. The summed E-state index contributed by atoms with van der Waals surface area (Å²) in [7, 11) is 1.56. The zero-order valence-corrected chi connectivity index (χ0v) is 11.1. The van der Waals surface area contributed by atoms with E-state index < -0.39 is 0 Å². The Bertz CT molecular complexity index is 464. The van der Waals surface area contributed by atoms with Crippen LogP contribution in [0.5, 0.6) is 5.75 Å². The van der Waals surface area contributed by atoms with E-state index in [1.807, 2.05) is 0 Å². The van der Waals surface area contributed by atoms with E-state index in [1.54, 1.807) is 25.2 Å². The van der Waals surface area contributed by atoms with Crippen molar-refractivity contribution in [2.45, 2.75) is 38.2 Å². The molecule has 1 aliphatic carbocycles. The fourth-order valence-corrected chi connectivity index (χ4v) is 2.40. The van der Waals surface area contributed by atoms with Crippen molar-refractivity contribution in [3.05, 3.63) is 29.3 Å². The van der Waals surface area contributed by atoms with Crippen molar-refractivity contribution in [1.82, 2.24) is 5.32 Å². The lowest BCUT2D eigenvalue weighted by atomic mass is 9.97. The second kappa shape index (κ2) is 6.36. The van der Waals surface area contributed by atoms with E-state index in [-0.39, 0.29) is 12.0 Å². The van der Waals surface area contributed by atoms with Crippen molar-refractivity contribution in [2.24, 2.45) is 0 Å². The highest BCUT2D eigenvalue weighted by Gasteiger charge is 2.17. The average Bonchev–Trinajstić information content (AvgIpc) is 2.48. The van der Waals surface area contributed by atoms with Gasteiger partial charge in [-0.3, -0.25) is 9.59 Å². The van der Waals surface area contributed by atoms with Crippen molar-refractivity contribution in [3.63, 3.8) is 0 Å². The van der Waals surface area contributed by atoms with Crippen molar-refractivity contribution in [3.8, 4) is 5.75 Å². The van der Waals surface area contributed by atoms with Gasteiger partial charge in [0.15, 0.2) is 6.29 Å². The molecular formula is C15H19NO3. The van der Waals surface area contributed by atoms with E-state index in [4.69, 9.17) is 4.74 Å². The molecular weight excluding hydrogens is 242 g/mol. The molecule has 0 unspecified atom stereocenters. The van der Waals surface area contributed by atoms with Crippen LogP contribution in [0, 0.1) is 0 Å². The lowest BCUT2D eigenvalue weighted by molar-refractivity contribution is 0.0963. The highest BCUT2D eigenvalue weighted by atomic mass is 16.5. The molecule has 1 N–H and O–H groups in total. The molecule has 0 saturated heterocycles. The van der Waals surface area contributed by atoms with Crippen LogP contribution < -0.4 is 10.1 Å². The largest absolute Gasteiger partial charge is 0.490 e. The fourth-order valence-electron chi connectivity index (χ4n) is 2.40. The predicted molar refractivity (Wildman–Crippen MR) is 72.7 cm³/mol. The first-order valence-corrected chi connectivity index (χ1v) is 6.72. The van der Waals surface area contributed by atoms with Gasteiger partial charge in [0.2, 0.25) is 0 Å². The Morgan fingerprint density at radius 3 is 2.68 bits per heavy atom. The molecule has 1 aromatic rings. The third-order valence-corrected chi connectivity index (χ3v) is 3.47. The van der Waals surface area contributed by atoms with Crippen LogP contribution in [0.15, 0.2) is 18.2 Å². The van der Waals surface area contributed by atoms with Crippen LogP contribution in [0.1, 0.15) is 52.8 Å². The Hall–Kier alpha value is -1.84. The number of hydrogen-bond donors (Lipinski definition) is 1. The van der Waals surface area contributed by atoms with E-state index in [0.29, 0.717) is 16.9 Å². The Kier molecular flexibility index (Phi) is 4.55. The van der Waals surface area contributed by atoms with Gasteiger partial charge in [-0.25, -0.2) is 0 Å². The Balaban J connectivity index is 2.15. The fraction of sp³-hybridized carbons (Fsp3) is 0.467. The number of aldehydes is 1. The summed E-state index contributed by atoms with van der Waals surface area (Å²) < 4.78 is 5.88. The molecule has 1 amide bonds. The summed E-state index contributed by atoms with van der Waals surface area (Å²) in [6.07, 6.45) is 6.62. The summed E-state index contributed by atoms with van der Waals surface area (Å²) in [6, 6.07) is 4.97. The van der Waals surface area contributed by atoms with Gasteiger partial charge in [0.25, 0.3) is 5.91 Å². The van der Waals surface area contributed by atoms with Gasteiger partial charge in [-0.1, -0.05) is 6.42 Å². The van der Waals surface area contributed by atoms with Crippen molar-refractivity contribution in [2.75, 3.05) is 7.05 Å². The summed E-state index contributed by atoms with van der Waals surface area (Å²) in [4.78, 5) is 22.6. The van der Waals surface area contributed by atoms with Crippen molar-refractivity contribution < 1.29 is 14.3 Å².